The van der Waals surface area contributed by atoms with Gasteiger partial charge >= 0.3 is 0 Å². The van der Waals surface area contributed by atoms with Crippen LogP contribution in [0.25, 0.3) is 0 Å². The van der Waals surface area contributed by atoms with Gasteiger partial charge in [-0.05, 0) is 23.0 Å². The molecule has 0 bridgehead atoms. The molecule has 1 N–H and O–H groups in total. The zero-order valence-corrected chi connectivity index (χ0v) is 13.1. The Hall–Kier alpha value is -0.820. The fourth-order valence-corrected chi connectivity index (χ4v) is 2.31. The van der Waals surface area contributed by atoms with Gasteiger partial charge in [0.25, 0.3) is 0 Å². The summed E-state index contributed by atoms with van der Waals surface area (Å²) in [6, 6.07) is 8.46. The molecule has 0 spiro atoms. The molecule has 0 aliphatic carbocycles. The van der Waals surface area contributed by atoms with Gasteiger partial charge < -0.3 is 5.11 Å². The Morgan fingerprint density at radius 2 is 1.53 bits per heavy atom. The van der Waals surface area contributed by atoms with Crippen LogP contribution in [0.1, 0.15) is 83.5 Å². The summed E-state index contributed by atoms with van der Waals surface area (Å²) in [5, 5.41) is 10.2. The first-order valence-electron chi connectivity index (χ1n) is 7.73. The summed E-state index contributed by atoms with van der Waals surface area (Å²) < 4.78 is 0. The second kappa shape index (κ2) is 7.69. The minimum Gasteiger partial charge on any atom is -0.388 e. The number of unbranched alkanes of at least 4 members (excludes halogenated alkanes) is 4. The Balaban J connectivity index is 2.42. The Kier molecular flexibility index (Phi) is 6.57. The van der Waals surface area contributed by atoms with Crippen molar-refractivity contribution in [2.24, 2.45) is 0 Å². The van der Waals surface area contributed by atoms with Crippen LogP contribution in [-0.4, -0.2) is 5.11 Å². The van der Waals surface area contributed by atoms with E-state index in [9.17, 15) is 5.11 Å². The molecule has 0 saturated carbocycles. The molecule has 1 atom stereocenters. The van der Waals surface area contributed by atoms with E-state index in [1.165, 1.54) is 31.2 Å². The van der Waals surface area contributed by atoms with Crippen LogP contribution in [0.2, 0.25) is 0 Å². The number of hydrogen-bond acceptors (Lipinski definition) is 1. The molecule has 1 heteroatoms. The lowest BCUT2D eigenvalue weighted by atomic mass is 9.86. The molecule has 0 aliphatic heterocycles. The third kappa shape index (κ3) is 5.78. The Labute approximate surface area is 119 Å². The number of rotatable bonds is 7. The molecule has 19 heavy (non-hydrogen) atoms. The lowest BCUT2D eigenvalue weighted by Gasteiger charge is -2.20. The summed E-state index contributed by atoms with van der Waals surface area (Å²) >= 11 is 0. The van der Waals surface area contributed by atoms with Crippen LogP contribution in [0.15, 0.2) is 24.3 Å². The van der Waals surface area contributed by atoms with E-state index in [1.54, 1.807) is 0 Å². The first-order chi connectivity index (χ1) is 8.95. The average Bonchev–Trinajstić information content (AvgIpc) is 2.37. The van der Waals surface area contributed by atoms with Crippen molar-refractivity contribution in [3.63, 3.8) is 0 Å². The minimum atomic E-state index is -0.296. The van der Waals surface area contributed by atoms with Crippen molar-refractivity contribution in [3.8, 4) is 0 Å². The van der Waals surface area contributed by atoms with E-state index >= 15 is 0 Å². The standard InChI is InChI=1S/C18H30O/c1-5-6-7-8-9-10-17(19)15-11-13-16(14-12-15)18(2,3)4/h11-14,17,19H,5-10H2,1-4H3. The van der Waals surface area contributed by atoms with Crippen molar-refractivity contribution in [1.82, 2.24) is 0 Å². The highest BCUT2D eigenvalue weighted by molar-refractivity contribution is 5.28. The van der Waals surface area contributed by atoms with Crippen LogP contribution < -0.4 is 0 Å². The Morgan fingerprint density at radius 1 is 0.947 bits per heavy atom. The van der Waals surface area contributed by atoms with Gasteiger partial charge in [-0.3, -0.25) is 0 Å². The fraction of sp³-hybridized carbons (Fsp3) is 0.667. The predicted molar refractivity (Wildman–Crippen MR) is 83.5 cm³/mol. The van der Waals surface area contributed by atoms with Gasteiger partial charge in [-0.25, -0.2) is 0 Å². The zero-order valence-electron chi connectivity index (χ0n) is 13.1. The number of hydrogen-bond donors (Lipinski definition) is 1. The topological polar surface area (TPSA) is 20.2 Å². The van der Waals surface area contributed by atoms with E-state index in [0.717, 1.165) is 18.4 Å². The third-order valence-electron chi connectivity index (χ3n) is 3.74. The van der Waals surface area contributed by atoms with Gasteiger partial charge in [0.15, 0.2) is 0 Å². The molecule has 1 unspecified atom stereocenters. The molecular formula is C18H30O. The predicted octanol–water partition coefficient (Wildman–Crippen LogP) is 5.38. The summed E-state index contributed by atoms with van der Waals surface area (Å²) in [5.41, 5.74) is 2.57. The largest absolute Gasteiger partial charge is 0.388 e. The molecule has 108 valence electrons. The van der Waals surface area contributed by atoms with Crippen LogP contribution in [0, 0.1) is 0 Å². The molecule has 0 saturated heterocycles. The van der Waals surface area contributed by atoms with Gasteiger partial charge in [0, 0.05) is 0 Å². The maximum absolute atomic E-state index is 10.2. The van der Waals surface area contributed by atoms with Gasteiger partial charge in [0.2, 0.25) is 0 Å². The molecule has 0 heterocycles. The first kappa shape index (κ1) is 16.2. The second-order valence-corrected chi connectivity index (χ2v) is 6.59. The molecule has 1 nitrogen and oxygen atoms in total. The number of benzene rings is 1. The van der Waals surface area contributed by atoms with E-state index in [2.05, 4.69) is 52.0 Å². The van der Waals surface area contributed by atoms with Crippen LogP contribution in [0.5, 0.6) is 0 Å². The van der Waals surface area contributed by atoms with E-state index in [0.29, 0.717) is 0 Å². The number of aliphatic hydroxyl groups excluding tert-OH is 1. The number of aliphatic hydroxyl groups is 1. The van der Waals surface area contributed by atoms with E-state index in [4.69, 9.17) is 0 Å². The molecule has 0 aromatic heterocycles. The lowest BCUT2D eigenvalue weighted by Crippen LogP contribution is -2.11. The fourth-order valence-electron chi connectivity index (χ4n) is 2.31. The maximum atomic E-state index is 10.2. The molecule has 1 aromatic rings. The van der Waals surface area contributed by atoms with Gasteiger partial charge in [-0.1, -0.05) is 84.1 Å². The molecular weight excluding hydrogens is 232 g/mol. The van der Waals surface area contributed by atoms with Crippen molar-refractivity contribution >= 4 is 0 Å². The van der Waals surface area contributed by atoms with Gasteiger partial charge in [-0.15, -0.1) is 0 Å². The Bertz CT molecular complexity index is 345. The first-order valence-corrected chi connectivity index (χ1v) is 7.73. The van der Waals surface area contributed by atoms with E-state index in [-0.39, 0.29) is 11.5 Å². The normalized spacial score (nSPS) is 13.5. The Morgan fingerprint density at radius 3 is 2.05 bits per heavy atom. The molecule has 1 aromatic carbocycles. The average molecular weight is 262 g/mol. The van der Waals surface area contributed by atoms with Crippen LogP contribution >= 0.6 is 0 Å². The SMILES string of the molecule is CCCCCCCC(O)c1ccc(C(C)(C)C)cc1. The van der Waals surface area contributed by atoms with Crippen LogP contribution in [0.3, 0.4) is 0 Å². The van der Waals surface area contributed by atoms with E-state index in [1.807, 2.05) is 0 Å². The summed E-state index contributed by atoms with van der Waals surface area (Å²) in [7, 11) is 0. The summed E-state index contributed by atoms with van der Waals surface area (Å²) in [6.45, 7) is 8.87. The van der Waals surface area contributed by atoms with E-state index < -0.39 is 0 Å². The van der Waals surface area contributed by atoms with Gasteiger partial charge in [0.1, 0.15) is 0 Å². The quantitative estimate of drug-likeness (QED) is 0.654. The summed E-state index contributed by atoms with van der Waals surface area (Å²) in [6.07, 6.45) is 6.85. The van der Waals surface area contributed by atoms with Crippen LogP contribution in [0.4, 0.5) is 0 Å². The second-order valence-electron chi connectivity index (χ2n) is 6.59. The van der Waals surface area contributed by atoms with Crippen molar-refractivity contribution in [1.29, 1.82) is 0 Å². The van der Waals surface area contributed by atoms with Crippen LogP contribution in [-0.2, 0) is 5.41 Å². The summed E-state index contributed by atoms with van der Waals surface area (Å²) in [5.74, 6) is 0. The summed E-state index contributed by atoms with van der Waals surface area (Å²) in [4.78, 5) is 0. The highest BCUT2D eigenvalue weighted by Crippen LogP contribution is 2.25. The smallest absolute Gasteiger partial charge is 0.0790 e. The molecule has 0 fully saturated rings. The molecule has 1 rings (SSSR count). The highest BCUT2D eigenvalue weighted by Gasteiger charge is 2.14. The third-order valence-corrected chi connectivity index (χ3v) is 3.74. The van der Waals surface area contributed by atoms with Crippen molar-refractivity contribution in [2.75, 3.05) is 0 Å². The molecule has 0 amide bonds. The zero-order chi connectivity index (χ0) is 14.3. The van der Waals surface area contributed by atoms with Crippen molar-refractivity contribution in [2.45, 2.75) is 77.7 Å². The maximum Gasteiger partial charge on any atom is 0.0790 e. The monoisotopic (exact) mass is 262 g/mol. The van der Waals surface area contributed by atoms with Gasteiger partial charge in [-0.2, -0.15) is 0 Å². The van der Waals surface area contributed by atoms with Crippen molar-refractivity contribution < 1.29 is 5.11 Å². The molecule has 0 radical (unpaired) electrons. The lowest BCUT2D eigenvalue weighted by molar-refractivity contribution is 0.163. The minimum absolute atomic E-state index is 0.184. The molecule has 0 aliphatic rings. The highest BCUT2D eigenvalue weighted by atomic mass is 16.3. The van der Waals surface area contributed by atoms with Gasteiger partial charge in [0.05, 0.1) is 6.10 Å². The van der Waals surface area contributed by atoms with Crippen molar-refractivity contribution in [3.05, 3.63) is 35.4 Å².